The Bertz CT molecular complexity index is 557. The Hall–Kier alpha value is -2.56. The molecule has 21 heavy (non-hydrogen) atoms. The van der Waals surface area contributed by atoms with Crippen molar-refractivity contribution in [1.29, 1.82) is 0 Å². The molecule has 2 aromatic carbocycles. The highest BCUT2D eigenvalue weighted by atomic mass is 19.1. The van der Waals surface area contributed by atoms with Crippen LogP contribution in [0.3, 0.4) is 0 Å². The number of nitrogens with one attached hydrogen (secondary N) is 1. The fraction of sp³-hybridized carbons (Fsp3) is 0.188. The predicted octanol–water partition coefficient (Wildman–Crippen LogP) is 3.38. The molecule has 0 atom stereocenters. The molecule has 0 heterocycles. The first-order valence-electron chi connectivity index (χ1n) is 6.63. The summed E-state index contributed by atoms with van der Waals surface area (Å²) in [7, 11) is 0. The molecule has 0 unspecified atom stereocenters. The van der Waals surface area contributed by atoms with Crippen molar-refractivity contribution in [2.24, 2.45) is 0 Å². The van der Waals surface area contributed by atoms with E-state index >= 15 is 0 Å². The van der Waals surface area contributed by atoms with Crippen molar-refractivity contribution < 1.29 is 18.7 Å². The summed E-state index contributed by atoms with van der Waals surface area (Å²) in [5, 5.41) is 2.63. The van der Waals surface area contributed by atoms with Crippen LogP contribution in [0.25, 0.3) is 0 Å². The van der Waals surface area contributed by atoms with Gasteiger partial charge >= 0.3 is 6.09 Å². The van der Waals surface area contributed by atoms with Crippen LogP contribution < -0.4 is 14.8 Å². The van der Waals surface area contributed by atoms with E-state index in [0.29, 0.717) is 31.1 Å². The number of hydrogen-bond donors (Lipinski definition) is 1. The maximum Gasteiger partial charge on any atom is 0.412 e. The molecular weight excluding hydrogens is 273 g/mol. The van der Waals surface area contributed by atoms with Crippen LogP contribution in [-0.2, 0) is 0 Å². The topological polar surface area (TPSA) is 47.6 Å². The Morgan fingerprint density at radius 3 is 2.43 bits per heavy atom. The third kappa shape index (κ3) is 5.52. The van der Waals surface area contributed by atoms with Gasteiger partial charge < -0.3 is 14.8 Å². The summed E-state index contributed by atoms with van der Waals surface area (Å²) in [6, 6.07) is 14.6. The van der Waals surface area contributed by atoms with Crippen LogP contribution in [-0.4, -0.2) is 19.2 Å². The second-order valence-electron chi connectivity index (χ2n) is 4.29. The van der Waals surface area contributed by atoms with Crippen LogP contribution in [0.5, 0.6) is 11.5 Å². The summed E-state index contributed by atoms with van der Waals surface area (Å²) in [4.78, 5) is 11.5. The summed E-state index contributed by atoms with van der Waals surface area (Å²) in [5.74, 6) is 0.800. The minimum Gasteiger partial charge on any atom is -0.494 e. The molecule has 0 saturated carbocycles. The third-order valence-electron chi connectivity index (χ3n) is 2.63. The lowest BCUT2D eigenvalue weighted by Crippen LogP contribution is -2.28. The molecule has 0 aliphatic rings. The molecule has 1 amide bonds. The van der Waals surface area contributed by atoms with Gasteiger partial charge in [0.25, 0.3) is 0 Å². The highest BCUT2D eigenvalue weighted by Gasteiger charge is 2.02. The van der Waals surface area contributed by atoms with Crippen LogP contribution in [0.4, 0.5) is 9.18 Å². The molecule has 110 valence electrons. The Morgan fingerprint density at radius 1 is 1.00 bits per heavy atom. The van der Waals surface area contributed by atoms with Gasteiger partial charge in [0, 0.05) is 6.54 Å². The molecule has 0 radical (unpaired) electrons. The zero-order chi connectivity index (χ0) is 14.9. The maximum atomic E-state index is 12.7. The molecule has 4 nitrogen and oxygen atoms in total. The van der Waals surface area contributed by atoms with Gasteiger partial charge in [0.1, 0.15) is 17.3 Å². The van der Waals surface area contributed by atoms with Crippen LogP contribution >= 0.6 is 0 Å². The summed E-state index contributed by atoms with van der Waals surface area (Å²) in [6.45, 7) is 0.865. The molecule has 2 aromatic rings. The van der Waals surface area contributed by atoms with Crippen molar-refractivity contribution in [3.05, 3.63) is 60.4 Å². The quantitative estimate of drug-likeness (QED) is 0.829. The molecular formula is C16H16FNO3. The van der Waals surface area contributed by atoms with E-state index in [1.54, 1.807) is 36.4 Å². The highest BCUT2D eigenvalue weighted by Crippen LogP contribution is 2.11. The number of halogens is 1. The van der Waals surface area contributed by atoms with Crippen LogP contribution in [0, 0.1) is 5.82 Å². The first-order valence-corrected chi connectivity index (χ1v) is 6.63. The van der Waals surface area contributed by atoms with E-state index in [-0.39, 0.29) is 5.82 Å². The number of para-hydroxylation sites is 1. The van der Waals surface area contributed by atoms with Crippen LogP contribution in [0.1, 0.15) is 6.42 Å². The van der Waals surface area contributed by atoms with Crippen molar-refractivity contribution in [3.63, 3.8) is 0 Å². The normalized spacial score (nSPS) is 9.95. The van der Waals surface area contributed by atoms with Crippen molar-refractivity contribution >= 4 is 6.09 Å². The lowest BCUT2D eigenvalue weighted by molar-refractivity contribution is 0.199. The lowest BCUT2D eigenvalue weighted by atomic mass is 10.3. The van der Waals surface area contributed by atoms with Gasteiger partial charge in [-0.1, -0.05) is 18.2 Å². The second-order valence-corrected chi connectivity index (χ2v) is 4.29. The zero-order valence-corrected chi connectivity index (χ0v) is 11.4. The standard InChI is InChI=1S/C16H16FNO3/c17-13-7-9-14(10-8-13)20-12-4-11-18-16(19)21-15-5-2-1-3-6-15/h1-3,5-10H,4,11-12H2,(H,18,19). The molecule has 0 saturated heterocycles. The van der Waals surface area contributed by atoms with Crippen molar-refractivity contribution in [1.82, 2.24) is 5.32 Å². The average Bonchev–Trinajstić information content (AvgIpc) is 2.50. The molecule has 0 aliphatic heterocycles. The van der Waals surface area contributed by atoms with Gasteiger partial charge in [0.15, 0.2) is 0 Å². The van der Waals surface area contributed by atoms with Gasteiger partial charge in [0.2, 0.25) is 0 Å². The lowest BCUT2D eigenvalue weighted by Gasteiger charge is -2.08. The molecule has 2 rings (SSSR count). The van der Waals surface area contributed by atoms with Gasteiger partial charge in [-0.15, -0.1) is 0 Å². The van der Waals surface area contributed by atoms with E-state index in [9.17, 15) is 9.18 Å². The van der Waals surface area contributed by atoms with Crippen LogP contribution in [0.15, 0.2) is 54.6 Å². The van der Waals surface area contributed by atoms with Crippen molar-refractivity contribution in [2.45, 2.75) is 6.42 Å². The first kappa shape index (κ1) is 14.8. The number of rotatable bonds is 6. The number of hydrogen-bond acceptors (Lipinski definition) is 3. The van der Waals surface area contributed by atoms with E-state index in [1.807, 2.05) is 6.07 Å². The fourth-order valence-corrected chi connectivity index (χ4v) is 1.62. The van der Waals surface area contributed by atoms with E-state index in [0.717, 1.165) is 0 Å². The Kier molecular flexibility index (Phi) is 5.58. The van der Waals surface area contributed by atoms with Gasteiger partial charge in [-0.25, -0.2) is 9.18 Å². The van der Waals surface area contributed by atoms with Gasteiger partial charge in [0.05, 0.1) is 6.61 Å². The number of amides is 1. The summed E-state index contributed by atoms with van der Waals surface area (Å²) >= 11 is 0. The van der Waals surface area contributed by atoms with Gasteiger partial charge in [-0.3, -0.25) is 0 Å². The van der Waals surface area contributed by atoms with E-state index in [4.69, 9.17) is 9.47 Å². The molecule has 0 fully saturated rings. The molecule has 0 aromatic heterocycles. The Labute approximate surface area is 122 Å². The van der Waals surface area contributed by atoms with E-state index in [1.165, 1.54) is 12.1 Å². The molecule has 5 heteroatoms. The first-order chi connectivity index (χ1) is 10.2. The van der Waals surface area contributed by atoms with Gasteiger partial charge in [-0.2, -0.15) is 0 Å². The fourth-order valence-electron chi connectivity index (χ4n) is 1.62. The summed E-state index contributed by atoms with van der Waals surface area (Å²) in [5.41, 5.74) is 0. The number of ether oxygens (including phenoxy) is 2. The summed E-state index contributed by atoms with van der Waals surface area (Å²) in [6.07, 6.45) is 0.129. The summed E-state index contributed by atoms with van der Waals surface area (Å²) < 4.78 is 23.1. The highest BCUT2D eigenvalue weighted by molar-refractivity contribution is 5.70. The van der Waals surface area contributed by atoms with E-state index in [2.05, 4.69) is 5.32 Å². The van der Waals surface area contributed by atoms with Crippen molar-refractivity contribution in [3.8, 4) is 11.5 Å². The number of carbonyl (C=O) groups is 1. The monoisotopic (exact) mass is 289 g/mol. The van der Waals surface area contributed by atoms with E-state index < -0.39 is 6.09 Å². The Morgan fingerprint density at radius 2 is 1.71 bits per heavy atom. The van der Waals surface area contributed by atoms with Crippen LogP contribution in [0.2, 0.25) is 0 Å². The number of carbonyl (C=O) groups excluding carboxylic acids is 1. The molecule has 0 bridgehead atoms. The molecule has 1 N–H and O–H groups in total. The third-order valence-corrected chi connectivity index (χ3v) is 2.63. The van der Waals surface area contributed by atoms with Gasteiger partial charge in [-0.05, 0) is 42.8 Å². The second kappa shape index (κ2) is 7.89. The molecule has 0 aliphatic carbocycles. The SMILES string of the molecule is O=C(NCCCOc1ccc(F)cc1)Oc1ccccc1. The Balaban J connectivity index is 1.59. The smallest absolute Gasteiger partial charge is 0.412 e. The minimum absolute atomic E-state index is 0.298. The zero-order valence-electron chi connectivity index (χ0n) is 11.4. The van der Waals surface area contributed by atoms with Crippen molar-refractivity contribution in [2.75, 3.05) is 13.2 Å². The largest absolute Gasteiger partial charge is 0.494 e. The average molecular weight is 289 g/mol. The number of benzene rings is 2. The maximum absolute atomic E-state index is 12.7. The molecule has 0 spiro atoms. The predicted molar refractivity (Wildman–Crippen MR) is 77.0 cm³/mol. The minimum atomic E-state index is -0.497.